The summed E-state index contributed by atoms with van der Waals surface area (Å²) in [5, 5.41) is 1.89. The van der Waals surface area contributed by atoms with Crippen LogP contribution in [0.5, 0.6) is 0 Å². The Morgan fingerprint density at radius 3 is 2.85 bits per heavy atom. The van der Waals surface area contributed by atoms with Gasteiger partial charge in [0.1, 0.15) is 5.82 Å². The molecule has 0 aliphatic carbocycles. The molecule has 1 amide bonds. The summed E-state index contributed by atoms with van der Waals surface area (Å²) >= 11 is 3.45. The third-order valence-corrected chi connectivity index (χ3v) is 4.61. The summed E-state index contributed by atoms with van der Waals surface area (Å²) in [6.45, 7) is 4.75. The second kappa shape index (κ2) is 5.13. The number of pyridine rings is 2. The average Bonchev–Trinajstić information content (AvgIpc) is 2.79. The van der Waals surface area contributed by atoms with Gasteiger partial charge in [0, 0.05) is 29.4 Å². The molecular weight excluding hydrogens is 318 g/mol. The van der Waals surface area contributed by atoms with Crippen molar-refractivity contribution in [3.63, 3.8) is 0 Å². The molecule has 2 aromatic rings. The van der Waals surface area contributed by atoms with Gasteiger partial charge < -0.3 is 0 Å². The molecule has 1 fully saturated rings. The fraction of sp³-hybridized carbons (Fsp3) is 0.400. The second-order valence-electron chi connectivity index (χ2n) is 5.35. The summed E-state index contributed by atoms with van der Waals surface area (Å²) in [7, 11) is 0. The molecular formula is C15H16BrN3O. The fourth-order valence-corrected chi connectivity index (χ4v) is 3.11. The lowest BCUT2D eigenvalue weighted by Crippen LogP contribution is -2.25. The number of alkyl halides is 1. The summed E-state index contributed by atoms with van der Waals surface area (Å²) in [5.74, 6) is 1.22. The number of anilines is 1. The topological polar surface area (TPSA) is 46.1 Å². The molecule has 1 aliphatic heterocycles. The SMILES string of the molecule is Cc1cc(C)c2ccc(N3CC(CBr)CC3=O)nc2n1. The molecule has 5 heteroatoms. The fourth-order valence-electron chi connectivity index (χ4n) is 2.68. The van der Waals surface area contributed by atoms with E-state index in [1.807, 2.05) is 25.1 Å². The number of nitrogens with zero attached hydrogens (tertiary/aromatic N) is 3. The molecule has 4 nitrogen and oxygen atoms in total. The van der Waals surface area contributed by atoms with Gasteiger partial charge >= 0.3 is 0 Å². The number of fused-ring (bicyclic) bond motifs is 1. The lowest BCUT2D eigenvalue weighted by molar-refractivity contribution is -0.117. The first-order valence-electron chi connectivity index (χ1n) is 6.70. The Hall–Kier alpha value is -1.49. The number of rotatable bonds is 2. The van der Waals surface area contributed by atoms with Gasteiger partial charge in [-0.2, -0.15) is 0 Å². The number of hydrogen-bond acceptors (Lipinski definition) is 3. The Morgan fingerprint density at radius 2 is 2.15 bits per heavy atom. The summed E-state index contributed by atoms with van der Waals surface area (Å²) in [4.78, 5) is 22.9. The van der Waals surface area contributed by atoms with Crippen LogP contribution in [0.3, 0.4) is 0 Å². The zero-order valence-electron chi connectivity index (χ0n) is 11.6. The van der Waals surface area contributed by atoms with E-state index >= 15 is 0 Å². The molecule has 1 saturated heterocycles. The van der Waals surface area contributed by atoms with E-state index in [2.05, 4.69) is 32.8 Å². The lowest BCUT2D eigenvalue weighted by Gasteiger charge is -2.16. The molecule has 0 bridgehead atoms. The number of halogens is 1. The van der Waals surface area contributed by atoms with E-state index in [9.17, 15) is 4.79 Å². The molecule has 0 spiro atoms. The van der Waals surface area contributed by atoms with Gasteiger partial charge in [0.25, 0.3) is 0 Å². The van der Waals surface area contributed by atoms with Gasteiger partial charge in [-0.05, 0) is 43.5 Å². The molecule has 20 heavy (non-hydrogen) atoms. The molecule has 3 heterocycles. The van der Waals surface area contributed by atoms with Crippen LogP contribution in [0, 0.1) is 19.8 Å². The Balaban J connectivity index is 2.03. The number of amides is 1. The highest BCUT2D eigenvalue weighted by molar-refractivity contribution is 9.09. The zero-order chi connectivity index (χ0) is 14.3. The van der Waals surface area contributed by atoms with E-state index in [4.69, 9.17) is 0 Å². The van der Waals surface area contributed by atoms with Gasteiger partial charge in [-0.15, -0.1) is 0 Å². The van der Waals surface area contributed by atoms with E-state index < -0.39 is 0 Å². The van der Waals surface area contributed by atoms with Crippen LogP contribution >= 0.6 is 15.9 Å². The van der Waals surface area contributed by atoms with Gasteiger partial charge in [0.15, 0.2) is 5.65 Å². The molecule has 1 atom stereocenters. The Kier molecular flexibility index (Phi) is 3.46. The predicted octanol–water partition coefficient (Wildman–Crippen LogP) is 2.99. The van der Waals surface area contributed by atoms with Crippen LogP contribution in [0.15, 0.2) is 18.2 Å². The van der Waals surface area contributed by atoms with Crippen LogP contribution < -0.4 is 4.90 Å². The number of aromatic nitrogens is 2. The van der Waals surface area contributed by atoms with Crippen LogP contribution in [-0.2, 0) is 4.79 Å². The third kappa shape index (κ3) is 2.30. The number of carbonyl (C=O) groups is 1. The van der Waals surface area contributed by atoms with Gasteiger partial charge in [0.2, 0.25) is 5.91 Å². The Bertz CT molecular complexity index is 686. The highest BCUT2D eigenvalue weighted by atomic mass is 79.9. The van der Waals surface area contributed by atoms with E-state index in [0.29, 0.717) is 18.2 Å². The van der Waals surface area contributed by atoms with Gasteiger partial charge in [-0.1, -0.05) is 15.9 Å². The number of aryl methyl sites for hydroxylation is 2. The van der Waals surface area contributed by atoms with Crippen molar-refractivity contribution in [1.82, 2.24) is 9.97 Å². The number of carbonyl (C=O) groups excluding carboxylic acids is 1. The Morgan fingerprint density at radius 1 is 1.35 bits per heavy atom. The smallest absolute Gasteiger partial charge is 0.228 e. The zero-order valence-corrected chi connectivity index (χ0v) is 13.1. The highest BCUT2D eigenvalue weighted by Gasteiger charge is 2.30. The molecule has 1 unspecified atom stereocenters. The summed E-state index contributed by atoms with van der Waals surface area (Å²) in [5.41, 5.74) is 2.83. The van der Waals surface area contributed by atoms with Crippen molar-refractivity contribution in [2.45, 2.75) is 20.3 Å². The minimum absolute atomic E-state index is 0.144. The average molecular weight is 334 g/mol. The van der Waals surface area contributed by atoms with Crippen molar-refractivity contribution in [1.29, 1.82) is 0 Å². The summed E-state index contributed by atoms with van der Waals surface area (Å²) in [6.07, 6.45) is 0.589. The molecule has 0 radical (unpaired) electrons. The van der Waals surface area contributed by atoms with Gasteiger partial charge in [-0.25, -0.2) is 9.97 Å². The van der Waals surface area contributed by atoms with Crippen LogP contribution in [-0.4, -0.2) is 27.7 Å². The highest BCUT2D eigenvalue weighted by Crippen LogP contribution is 2.26. The largest absolute Gasteiger partial charge is 0.296 e. The third-order valence-electron chi connectivity index (χ3n) is 3.69. The Labute approximate surface area is 126 Å². The molecule has 0 aromatic carbocycles. The maximum Gasteiger partial charge on any atom is 0.228 e. The standard InChI is InChI=1S/C15H16BrN3O/c1-9-5-10(2)17-15-12(9)3-4-13(18-15)19-8-11(7-16)6-14(19)20/h3-5,11H,6-8H2,1-2H3. The first kappa shape index (κ1) is 13.5. The van der Waals surface area contributed by atoms with Crippen molar-refractivity contribution >= 4 is 38.7 Å². The summed E-state index contributed by atoms with van der Waals surface area (Å²) < 4.78 is 0. The second-order valence-corrected chi connectivity index (χ2v) is 6.00. The maximum atomic E-state index is 12.1. The molecule has 104 valence electrons. The first-order chi connectivity index (χ1) is 9.58. The molecule has 0 saturated carbocycles. The van der Waals surface area contributed by atoms with Crippen molar-refractivity contribution in [3.05, 3.63) is 29.5 Å². The van der Waals surface area contributed by atoms with Crippen molar-refractivity contribution in [2.75, 3.05) is 16.8 Å². The maximum absolute atomic E-state index is 12.1. The molecule has 1 aliphatic rings. The van der Waals surface area contributed by atoms with E-state index in [-0.39, 0.29) is 5.91 Å². The molecule has 0 N–H and O–H groups in total. The quantitative estimate of drug-likeness (QED) is 0.793. The first-order valence-corrected chi connectivity index (χ1v) is 7.82. The minimum Gasteiger partial charge on any atom is -0.296 e. The molecule has 3 rings (SSSR count). The van der Waals surface area contributed by atoms with Crippen molar-refractivity contribution < 1.29 is 4.79 Å². The molecule has 2 aromatic heterocycles. The van der Waals surface area contributed by atoms with Gasteiger partial charge in [-0.3, -0.25) is 9.69 Å². The minimum atomic E-state index is 0.144. The monoisotopic (exact) mass is 333 g/mol. The normalized spacial score (nSPS) is 19.1. The lowest BCUT2D eigenvalue weighted by atomic mass is 10.1. The van der Waals surface area contributed by atoms with Crippen LogP contribution in [0.2, 0.25) is 0 Å². The van der Waals surface area contributed by atoms with E-state index in [1.165, 1.54) is 0 Å². The van der Waals surface area contributed by atoms with Crippen LogP contribution in [0.4, 0.5) is 5.82 Å². The van der Waals surface area contributed by atoms with Gasteiger partial charge in [0.05, 0.1) is 0 Å². The van der Waals surface area contributed by atoms with Crippen molar-refractivity contribution in [2.24, 2.45) is 5.92 Å². The summed E-state index contributed by atoms with van der Waals surface area (Å²) in [6, 6.07) is 5.97. The van der Waals surface area contributed by atoms with E-state index in [1.54, 1.807) is 4.90 Å². The number of hydrogen-bond donors (Lipinski definition) is 0. The van der Waals surface area contributed by atoms with Crippen LogP contribution in [0.25, 0.3) is 11.0 Å². The van der Waals surface area contributed by atoms with Crippen molar-refractivity contribution in [3.8, 4) is 0 Å². The van der Waals surface area contributed by atoms with E-state index in [0.717, 1.165) is 34.2 Å². The predicted molar refractivity (Wildman–Crippen MR) is 83.3 cm³/mol. The van der Waals surface area contributed by atoms with Crippen LogP contribution in [0.1, 0.15) is 17.7 Å².